The Morgan fingerprint density at radius 1 is 0.919 bits per heavy atom. The quantitative estimate of drug-likeness (QED) is 0.467. The summed E-state index contributed by atoms with van der Waals surface area (Å²) in [5.41, 5.74) is 8.24. The molecule has 0 aliphatic carbocycles. The van der Waals surface area contributed by atoms with Crippen LogP contribution in [0.1, 0.15) is 31.9 Å². The summed E-state index contributed by atoms with van der Waals surface area (Å²) in [4.78, 5) is 0. The fourth-order valence-corrected chi connectivity index (χ4v) is 4.76. The summed E-state index contributed by atoms with van der Waals surface area (Å²) in [7, 11) is 0. The van der Waals surface area contributed by atoms with Gasteiger partial charge in [-0.2, -0.15) is 0 Å². The first-order valence-electron chi connectivity index (χ1n) is 12.7. The van der Waals surface area contributed by atoms with Crippen LogP contribution in [0.4, 0.5) is 4.39 Å². The molecule has 2 aromatic rings. The largest absolute Gasteiger partial charge is 0.387 e. The number of aliphatic hydroxyl groups is 1. The maximum absolute atomic E-state index is 13.9. The highest BCUT2D eigenvalue weighted by Crippen LogP contribution is 2.31. The van der Waals surface area contributed by atoms with Crippen LogP contribution < -0.4 is 5.73 Å². The van der Waals surface area contributed by atoms with Crippen LogP contribution in [-0.2, 0) is 41.6 Å². The van der Waals surface area contributed by atoms with Gasteiger partial charge in [-0.25, -0.2) is 4.39 Å². The Kier molecular flexibility index (Phi) is 9.66. The first-order chi connectivity index (χ1) is 17.8. The van der Waals surface area contributed by atoms with Crippen LogP contribution in [0.15, 0.2) is 60.7 Å². The lowest BCUT2D eigenvalue weighted by atomic mass is 9.98. The van der Waals surface area contributed by atoms with E-state index in [2.05, 4.69) is 0 Å². The third-order valence-corrected chi connectivity index (χ3v) is 6.57. The van der Waals surface area contributed by atoms with E-state index in [9.17, 15) is 9.50 Å². The minimum atomic E-state index is -1.25. The molecule has 3 N–H and O–H groups in total. The number of ether oxygens (including phenoxy) is 6. The van der Waals surface area contributed by atoms with Crippen molar-refractivity contribution in [3.8, 4) is 0 Å². The highest BCUT2D eigenvalue weighted by atomic mass is 19.1. The van der Waals surface area contributed by atoms with Gasteiger partial charge in [0.05, 0.1) is 32.0 Å². The van der Waals surface area contributed by atoms with Gasteiger partial charge >= 0.3 is 0 Å². The van der Waals surface area contributed by atoms with Crippen molar-refractivity contribution < 1.29 is 37.9 Å². The van der Waals surface area contributed by atoms with E-state index in [0.29, 0.717) is 0 Å². The van der Waals surface area contributed by atoms with Gasteiger partial charge in [-0.3, -0.25) is 0 Å². The van der Waals surface area contributed by atoms with E-state index in [1.807, 2.05) is 81.4 Å². The van der Waals surface area contributed by atoms with Crippen molar-refractivity contribution in [1.29, 1.82) is 0 Å². The average Bonchev–Trinajstić information content (AvgIpc) is 3.19. The van der Waals surface area contributed by atoms with Crippen molar-refractivity contribution in [3.05, 3.63) is 71.8 Å². The number of halogens is 1. The van der Waals surface area contributed by atoms with Crippen LogP contribution in [0.5, 0.6) is 0 Å². The SMILES string of the molecule is C[C@H]1OC(C)(C)O[C@H]1[C@@H](N)CO[C@H]1OC(CF)[C@@H](O)C(OCc2ccccc2)C1OCc1ccccc1. The molecule has 8 nitrogen and oxygen atoms in total. The molecule has 2 aliphatic heterocycles. The van der Waals surface area contributed by atoms with Crippen LogP contribution >= 0.6 is 0 Å². The van der Waals surface area contributed by atoms with Gasteiger partial charge in [0.2, 0.25) is 0 Å². The second-order valence-corrected chi connectivity index (χ2v) is 10.0. The van der Waals surface area contributed by atoms with E-state index in [0.717, 1.165) is 11.1 Å². The molecule has 0 saturated carbocycles. The summed E-state index contributed by atoms with van der Waals surface area (Å²) >= 11 is 0. The minimum Gasteiger partial charge on any atom is -0.387 e. The molecule has 2 saturated heterocycles. The van der Waals surface area contributed by atoms with Crippen molar-refractivity contribution in [2.24, 2.45) is 5.73 Å². The molecular formula is C28H38FNO7. The third kappa shape index (κ3) is 7.34. The monoisotopic (exact) mass is 519 g/mol. The number of alkyl halides is 1. The highest BCUT2D eigenvalue weighted by Gasteiger charge is 2.48. The summed E-state index contributed by atoms with van der Waals surface area (Å²) in [6.07, 6.45) is -5.78. The molecule has 0 spiro atoms. The van der Waals surface area contributed by atoms with Crippen molar-refractivity contribution in [2.75, 3.05) is 13.3 Å². The molecular weight excluding hydrogens is 481 g/mol. The maximum atomic E-state index is 13.9. The first-order valence-corrected chi connectivity index (χ1v) is 12.7. The average molecular weight is 520 g/mol. The highest BCUT2D eigenvalue weighted by molar-refractivity contribution is 5.14. The molecule has 8 atom stereocenters. The van der Waals surface area contributed by atoms with Gasteiger partial charge in [-0.1, -0.05) is 60.7 Å². The number of benzene rings is 2. The molecule has 2 aromatic carbocycles. The standard InChI is InChI=1S/C28H38FNO7/c1-18-24(37-28(2,3)36-18)21(30)17-34-27-26(33-16-20-12-8-5-9-13-20)25(23(31)22(14-29)35-27)32-15-19-10-6-4-7-11-19/h4-13,18,21-27,31H,14-17,30H2,1-3H3/t18-,21+,22?,23-,24-,25?,26?,27+/m1/s1. The summed E-state index contributed by atoms with van der Waals surface area (Å²) in [6, 6.07) is 18.6. The van der Waals surface area contributed by atoms with Gasteiger partial charge in [0.25, 0.3) is 0 Å². The molecule has 0 aromatic heterocycles. The van der Waals surface area contributed by atoms with Gasteiger partial charge in [0, 0.05) is 0 Å². The van der Waals surface area contributed by atoms with E-state index in [4.69, 9.17) is 34.2 Å². The van der Waals surface area contributed by atoms with Crippen molar-refractivity contribution in [2.45, 2.75) is 88.7 Å². The summed E-state index contributed by atoms with van der Waals surface area (Å²) in [6.45, 7) is 5.13. The van der Waals surface area contributed by atoms with Crippen LogP contribution in [0.2, 0.25) is 0 Å². The molecule has 3 unspecified atom stereocenters. The van der Waals surface area contributed by atoms with Crippen LogP contribution in [0.25, 0.3) is 0 Å². The van der Waals surface area contributed by atoms with Gasteiger partial charge in [0.15, 0.2) is 12.1 Å². The first kappa shape index (κ1) is 28.1. The van der Waals surface area contributed by atoms with E-state index in [1.165, 1.54) is 0 Å². The Hall–Kier alpha value is -1.95. The molecule has 37 heavy (non-hydrogen) atoms. The summed E-state index contributed by atoms with van der Waals surface area (Å²) in [5.74, 6) is -0.746. The molecule has 0 bridgehead atoms. The Bertz CT molecular complexity index is 950. The van der Waals surface area contributed by atoms with E-state index in [-0.39, 0.29) is 25.9 Å². The predicted octanol–water partition coefficient (Wildman–Crippen LogP) is 3.10. The Morgan fingerprint density at radius 2 is 1.49 bits per heavy atom. The number of hydrogen-bond acceptors (Lipinski definition) is 8. The van der Waals surface area contributed by atoms with E-state index >= 15 is 0 Å². The third-order valence-electron chi connectivity index (χ3n) is 6.57. The molecule has 0 amide bonds. The lowest BCUT2D eigenvalue weighted by molar-refractivity contribution is -0.318. The normalized spacial score (nSPS) is 32.3. The predicted molar refractivity (Wildman–Crippen MR) is 134 cm³/mol. The number of rotatable bonds is 11. The van der Waals surface area contributed by atoms with Crippen molar-refractivity contribution >= 4 is 0 Å². The van der Waals surface area contributed by atoms with Gasteiger partial charge in [-0.05, 0) is 31.9 Å². The smallest absolute Gasteiger partial charge is 0.187 e. The van der Waals surface area contributed by atoms with Crippen molar-refractivity contribution in [1.82, 2.24) is 0 Å². The summed E-state index contributed by atoms with van der Waals surface area (Å²) in [5, 5.41) is 10.9. The lowest BCUT2D eigenvalue weighted by Crippen LogP contribution is -2.61. The number of nitrogens with two attached hydrogens (primary N) is 1. The zero-order valence-corrected chi connectivity index (χ0v) is 21.6. The fourth-order valence-electron chi connectivity index (χ4n) is 4.76. The van der Waals surface area contributed by atoms with Crippen LogP contribution in [0, 0.1) is 0 Å². The van der Waals surface area contributed by atoms with Gasteiger partial charge < -0.3 is 39.3 Å². The molecule has 2 fully saturated rings. The van der Waals surface area contributed by atoms with Crippen LogP contribution in [-0.4, -0.2) is 73.1 Å². The minimum absolute atomic E-state index is 0.0464. The Morgan fingerprint density at radius 3 is 2.00 bits per heavy atom. The molecule has 9 heteroatoms. The topological polar surface area (TPSA) is 102 Å². The second-order valence-electron chi connectivity index (χ2n) is 10.0. The zero-order chi connectivity index (χ0) is 26.4. The second kappa shape index (κ2) is 12.7. The molecule has 4 rings (SSSR count). The Labute approximate surface area is 217 Å². The lowest BCUT2D eigenvalue weighted by Gasteiger charge is -2.43. The molecule has 2 heterocycles. The van der Waals surface area contributed by atoms with Crippen LogP contribution in [0.3, 0.4) is 0 Å². The number of aliphatic hydroxyl groups excluding tert-OH is 1. The summed E-state index contributed by atoms with van der Waals surface area (Å²) < 4.78 is 49.9. The van der Waals surface area contributed by atoms with Gasteiger partial charge in [0.1, 0.15) is 37.2 Å². The van der Waals surface area contributed by atoms with E-state index < -0.39 is 55.3 Å². The molecule has 2 aliphatic rings. The van der Waals surface area contributed by atoms with Gasteiger partial charge in [-0.15, -0.1) is 0 Å². The van der Waals surface area contributed by atoms with Crippen molar-refractivity contribution in [3.63, 3.8) is 0 Å². The molecule has 0 radical (unpaired) electrons. The number of hydrogen-bond donors (Lipinski definition) is 2. The fraction of sp³-hybridized carbons (Fsp3) is 0.571. The zero-order valence-electron chi connectivity index (χ0n) is 21.6. The van der Waals surface area contributed by atoms with E-state index in [1.54, 1.807) is 0 Å². The molecule has 204 valence electrons. The maximum Gasteiger partial charge on any atom is 0.187 e. The Balaban J connectivity index is 1.49.